The first-order chi connectivity index (χ1) is 7.60. The van der Waals surface area contributed by atoms with E-state index in [0.717, 1.165) is 25.1 Å². The van der Waals surface area contributed by atoms with Gasteiger partial charge >= 0.3 is 0 Å². The van der Waals surface area contributed by atoms with E-state index >= 15 is 0 Å². The first-order valence-corrected chi connectivity index (χ1v) is 5.72. The zero-order valence-corrected chi connectivity index (χ0v) is 10.7. The number of methoxy groups -OCH3 is 1. The average Bonchev–Trinajstić information content (AvgIpc) is 2.23. The third kappa shape index (κ3) is 8.44. The predicted molar refractivity (Wildman–Crippen MR) is 66.4 cm³/mol. The number of carbonyl (C=O) groups excluding carboxylic acids is 1. The van der Waals surface area contributed by atoms with Crippen molar-refractivity contribution in [2.75, 3.05) is 39.9 Å². The summed E-state index contributed by atoms with van der Waals surface area (Å²) in [7, 11) is 1.66. The molecule has 0 spiro atoms. The molecule has 0 bridgehead atoms. The van der Waals surface area contributed by atoms with Crippen LogP contribution >= 0.6 is 0 Å². The summed E-state index contributed by atoms with van der Waals surface area (Å²) in [6, 6.07) is 0. The van der Waals surface area contributed by atoms with Crippen LogP contribution in [0.25, 0.3) is 0 Å². The van der Waals surface area contributed by atoms with Crippen LogP contribution < -0.4 is 5.32 Å². The molecule has 0 aromatic heterocycles. The second kappa shape index (κ2) is 9.36. The molecule has 4 heteroatoms. The second-order valence-electron chi connectivity index (χ2n) is 3.96. The van der Waals surface area contributed by atoms with E-state index in [0.29, 0.717) is 19.7 Å². The fraction of sp³-hybridized carbons (Fsp3) is 0.750. The maximum atomic E-state index is 11.5. The molecule has 0 saturated heterocycles. The molecule has 4 nitrogen and oxygen atoms in total. The van der Waals surface area contributed by atoms with Crippen LogP contribution in [0.15, 0.2) is 12.2 Å². The molecular formula is C12H24N2O2. The van der Waals surface area contributed by atoms with Gasteiger partial charge in [0.2, 0.25) is 5.91 Å². The number of carbonyl (C=O) groups is 1. The topological polar surface area (TPSA) is 41.6 Å². The monoisotopic (exact) mass is 228 g/mol. The van der Waals surface area contributed by atoms with E-state index < -0.39 is 0 Å². The summed E-state index contributed by atoms with van der Waals surface area (Å²) in [5.41, 5.74) is 1.08. The Hall–Kier alpha value is -0.870. The highest BCUT2D eigenvalue weighted by Gasteiger charge is 2.07. The number of ether oxygens (including phenoxy) is 1. The Balaban J connectivity index is 3.70. The van der Waals surface area contributed by atoms with Gasteiger partial charge in [-0.2, -0.15) is 0 Å². The van der Waals surface area contributed by atoms with E-state index in [-0.39, 0.29) is 5.91 Å². The first-order valence-electron chi connectivity index (χ1n) is 5.72. The molecular weight excluding hydrogens is 204 g/mol. The lowest BCUT2D eigenvalue weighted by Gasteiger charge is -2.19. The van der Waals surface area contributed by atoms with Crippen molar-refractivity contribution in [3.63, 3.8) is 0 Å². The number of amides is 1. The molecule has 0 aliphatic carbocycles. The fourth-order valence-corrected chi connectivity index (χ4v) is 1.36. The van der Waals surface area contributed by atoms with Crippen molar-refractivity contribution in [1.82, 2.24) is 10.2 Å². The molecule has 1 amide bonds. The number of likely N-dealkylation sites (N-methyl/N-ethyl adjacent to an activating group) is 1. The summed E-state index contributed by atoms with van der Waals surface area (Å²) >= 11 is 0. The van der Waals surface area contributed by atoms with Crippen molar-refractivity contribution < 1.29 is 9.53 Å². The Morgan fingerprint density at radius 2 is 2.12 bits per heavy atom. The Bertz CT molecular complexity index is 217. The number of rotatable bonds is 9. The normalized spacial score (nSPS) is 10.5. The van der Waals surface area contributed by atoms with Gasteiger partial charge in [-0.3, -0.25) is 9.69 Å². The van der Waals surface area contributed by atoms with Gasteiger partial charge in [0, 0.05) is 26.8 Å². The highest BCUT2D eigenvalue weighted by molar-refractivity contribution is 5.77. The number of nitrogens with one attached hydrogen (secondary N) is 1. The van der Waals surface area contributed by atoms with Gasteiger partial charge in [-0.25, -0.2) is 0 Å². The van der Waals surface area contributed by atoms with Crippen LogP contribution in [0.4, 0.5) is 0 Å². The van der Waals surface area contributed by atoms with E-state index in [9.17, 15) is 4.79 Å². The molecule has 0 aliphatic heterocycles. The Labute approximate surface area is 98.6 Å². The summed E-state index contributed by atoms with van der Waals surface area (Å²) in [6.07, 6.45) is 0.856. The zero-order valence-electron chi connectivity index (χ0n) is 10.7. The van der Waals surface area contributed by atoms with Gasteiger partial charge in [-0.05, 0) is 19.9 Å². The summed E-state index contributed by atoms with van der Waals surface area (Å²) in [6.45, 7) is 11.3. The molecule has 0 aliphatic rings. The van der Waals surface area contributed by atoms with E-state index in [1.54, 1.807) is 7.11 Å². The average molecular weight is 228 g/mol. The number of hydrogen-bond acceptors (Lipinski definition) is 3. The van der Waals surface area contributed by atoms with Crippen molar-refractivity contribution in [1.29, 1.82) is 0 Å². The molecule has 94 valence electrons. The third-order valence-electron chi connectivity index (χ3n) is 2.16. The van der Waals surface area contributed by atoms with Crippen LogP contribution in [-0.4, -0.2) is 50.7 Å². The lowest BCUT2D eigenvalue weighted by Crippen LogP contribution is -2.38. The molecule has 0 fully saturated rings. The Morgan fingerprint density at radius 1 is 1.44 bits per heavy atom. The van der Waals surface area contributed by atoms with Crippen LogP contribution in [0.2, 0.25) is 0 Å². The van der Waals surface area contributed by atoms with Gasteiger partial charge in [0.15, 0.2) is 0 Å². The molecule has 0 unspecified atom stereocenters. The van der Waals surface area contributed by atoms with Gasteiger partial charge in [0.05, 0.1) is 6.54 Å². The SMILES string of the molecule is C=C(C)CN(CC)CC(=O)NCCCOC. The van der Waals surface area contributed by atoms with Crippen LogP contribution in [0.3, 0.4) is 0 Å². The molecule has 0 aromatic carbocycles. The van der Waals surface area contributed by atoms with Gasteiger partial charge < -0.3 is 10.1 Å². The molecule has 0 atom stereocenters. The summed E-state index contributed by atoms with van der Waals surface area (Å²) in [4.78, 5) is 13.6. The van der Waals surface area contributed by atoms with Crippen LogP contribution in [0.1, 0.15) is 20.3 Å². The standard InChI is InChI=1S/C12H24N2O2/c1-5-14(9-11(2)3)10-12(15)13-7-6-8-16-4/h2,5-10H2,1,3-4H3,(H,13,15). The molecule has 0 heterocycles. The lowest BCUT2D eigenvalue weighted by molar-refractivity contribution is -0.122. The van der Waals surface area contributed by atoms with Crippen molar-refractivity contribution in [2.24, 2.45) is 0 Å². The Kier molecular flexibility index (Phi) is 8.85. The fourth-order valence-electron chi connectivity index (χ4n) is 1.36. The minimum atomic E-state index is 0.0687. The van der Waals surface area contributed by atoms with Crippen molar-refractivity contribution in [2.45, 2.75) is 20.3 Å². The van der Waals surface area contributed by atoms with Crippen LogP contribution in [0, 0.1) is 0 Å². The van der Waals surface area contributed by atoms with Crippen LogP contribution in [0.5, 0.6) is 0 Å². The largest absolute Gasteiger partial charge is 0.385 e. The third-order valence-corrected chi connectivity index (χ3v) is 2.16. The maximum absolute atomic E-state index is 11.5. The van der Waals surface area contributed by atoms with Crippen molar-refractivity contribution >= 4 is 5.91 Å². The van der Waals surface area contributed by atoms with Gasteiger partial charge in [-0.1, -0.05) is 19.1 Å². The smallest absolute Gasteiger partial charge is 0.234 e. The summed E-state index contributed by atoms with van der Waals surface area (Å²) in [5, 5.41) is 2.87. The molecule has 1 N–H and O–H groups in total. The van der Waals surface area contributed by atoms with Gasteiger partial charge in [0.25, 0.3) is 0 Å². The summed E-state index contributed by atoms with van der Waals surface area (Å²) in [5.74, 6) is 0.0687. The van der Waals surface area contributed by atoms with Gasteiger partial charge in [0.1, 0.15) is 0 Å². The molecule has 0 saturated carbocycles. The quantitative estimate of drug-likeness (QED) is 0.473. The van der Waals surface area contributed by atoms with E-state index in [4.69, 9.17) is 4.74 Å². The van der Waals surface area contributed by atoms with E-state index in [2.05, 4.69) is 16.8 Å². The first kappa shape index (κ1) is 15.1. The minimum absolute atomic E-state index is 0.0687. The zero-order chi connectivity index (χ0) is 12.4. The lowest BCUT2D eigenvalue weighted by atomic mass is 10.3. The molecule has 0 radical (unpaired) electrons. The van der Waals surface area contributed by atoms with E-state index in [1.807, 2.05) is 13.8 Å². The second-order valence-corrected chi connectivity index (χ2v) is 3.96. The molecule has 16 heavy (non-hydrogen) atoms. The van der Waals surface area contributed by atoms with Crippen molar-refractivity contribution in [3.8, 4) is 0 Å². The Morgan fingerprint density at radius 3 is 2.62 bits per heavy atom. The highest BCUT2D eigenvalue weighted by atomic mass is 16.5. The number of nitrogens with zero attached hydrogens (tertiary/aromatic N) is 1. The highest BCUT2D eigenvalue weighted by Crippen LogP contribution is 1.94. The molecule has 0 rings (SSSR count). The van der Waals surface area contributed by atoms with Gasteiger partial charge in [-0.15, -0.1) is 0 Å². The minimum Gasteiger partial charge on any atom is -0.385 e. The maximum Gasteiger partial charge on any atom is 0.234 e. The molecule has 0 aromatic rings. The number of hydrogen-bond donors (Lipinski definition) is 1. The van der Waals surface area contributed by atoms with Crippen LogP contribution in [-0.2, 0) is 9.53 Å². The summed E-state index contributed by atoms with van der Waals surface area (Å²) < 4.78 is 4.91. The predicted octanol–water partition coefficient (Wildman–Crippen LogP) is 1.04. The van der Waals surface area contributed by atoms with E-state index in [1.165, 1.54) is 0 Å². The van der Waals surface area contributed by atoms with Crippen molar-refractivity contribution in [3.05, 3.63) is 12.2 Å².